The summed E-state index contributed by atoms with van der Waals surface area (Å²) < 4.78 is 0. The maximum atomic E-state index is 10.7. The van der Waals surface area contributed by atoms with Crippen LogP contribution in [0.2, 0.25) is 5.15 Å². The van der Waals surface area contributed by atoms with Gasteiger partial charge in [0.05, 0.1) is 4.92 Å². The third kappa shape index (κ3) is 3.42. The van der Waals surface area contributed by atoms with E-state index in [1.54, 1.807) is 30.5 Å². The van der Waals surface area contributed by atoms with Gasteiger partial charge in [-0.25, -0.2) is 4.98 Å². The van der Waals surface area contributed by atoms with E-state index in [4.69, 9.17) is 11.6 Å². The van der Waals surface area contributed by atoms with Crippen LogP contribution in [-0.4, -0.2) is 9.91 Å². The first-order chi connectivity index (χ1) is 9.06. The van der Waals surface area contributed by atoms with Crippen LogP contribution in [0, 0.1) is 10.1 Å². The number of anilines is 1. The van der Waals surface area contributed by atoms with Crippen molar-refractivity contribution in [3.8, 4) is 0 Å². The van der Waals surface area contributed by atoms with Crippen LogP contribution < -0.4 is 5.32 Å². The van der Waals surface area contributed by atoms with Crippen LogP contribution in [0.3, 0.4) is 0 Å². The highest BCUT2D eigenvalue weighted by atomic mass is 35.5. The Morgan fingerprint density at radius 2 is 2.16 bits per heavy atom. The van der Waals surface area contributed by atoms with Crippen LogP contribution in [0.1, 0.15) is 18.5 Å². The Balaban J connectivity index is 2.18. The number of halogens is 1. The molecule has 0 saturated heterocycles. The van der Waals surface area contributed by atoms with Gasteiger partial charge in [0, 0.05) is 30.1 Å². The lowest BCUT2D eigenvalue weighted by Gasteiger charge is -2.15. The summed E-state index contributed by atoms with van der Waals surface area (Å²) in [4.78, 5) is 14.2. The molecule has 0 aliphatic heterocycles. The maximum Gasteiger partial charge on any atom is 0.269 e. The Hall–Kier alpha value is -2.14. The van der Waals surface area contributed by atoms with Crippen molar-refractivity contribution in [2.75, 3.05) is 5.32 Å². The Bertz CT molecular complexity index is 604. The third-order valence-electron chi connectivity index (χ3n) is 2.69. The van der Waals surface area contributed by atoms with E-state index in [0.29, 0.717) is 5.15 Å². The second-order valence-electron chi connectivity index (χ2n) is 4.09. The van der Waals surface area contributed by atoms with Gasteiger partial charge in [0.15, 0.2) is 0 Å². The van der Waals surface area contributed by atoms with E-state index in [0.717, 1.165) is 11.3 Å². The van der Waals surface area contributed by atoms with Gasteiger partial charge in [0.1, 0.15) is 5.15 Å². The molecule has 0 bridgehead atoms. The second-order valence-corrected chi connectivity index (χ2v) is 4.47. The Morgan fingerprint density at radius 1 is 1.37 bits per heavy atom. The number of hydrogen-bond acceptors (Lipinski definition) is 4. The van der Waals surface area contributed by atoms with E-state index < -0.39 is 4.92 Å². The topological polar surface area (TPSA) is 68.1 Å². The van der Waals surface area contributed by atoms with Crippen LogP contribution in [0.5, 0.6) is 0 Å². The van der Waals surface area contributed by atoms with Gasteiger partial charge in [-0.15, -0.1) is 0 Å². The van der Waals surface area contributed by atoms with Crippen LogP contribution in [-0.2, 0) is 0 Å². The van der Waals surface area contributed by atoms with Gasteiger partial charge in [0.25, 0.3) is 5.69 Å². The number of rotatable bonds is 4. The Morgan fingerprint density at radius 3 is 2.84 bits per heavy atom. The van der Waals surface area contributed by atoms with Gasteiger partial charge in [-0.1, -0.05) is 23.7 Å². The van der Waals surface area contributed by atoms with E-state index >= 15 is 0 Å². The van der Waals surface area contributed by atoms with Gasteiger partial charge in [-0.3, -0.25) is 10.1 Å². The molecule has 0 radical (unpaired) electrons. The molecule has 19 heavy (non-hydrogen) atoms. The molecule has 0 saturated carbocycles. The fourth-order valence-electron chi connectivity index (χ4n) is 1.73. The largest absolute Gasteiger partial charge is 0.378 e. The smallest absolute Gasteiger partial charge is 0.269 e. The van der Waals surface area contributed by atoms with E-state index in [1.165, 1.54) is 6.07 Å². The molecular formula is C13H12ClN3O2. The number of nitrogens with one attached hydrogen (secondary N) is 1. The summed E-state index contributed by atoms with van der Waals surface area (Å²) in [7, 11) is 0. The molecule has 5 nitrogen and oxygen atoms in total. The van der Waals surface area contributed by atoms with Crippen molar-refractivity contribution in [3.05, 3.63) is 63.4 Å². The summed E-state index contributed by atoms with van der Waals surface area (Å²) in [6, 6.07) is 9.96. The molecule has 0 fully saturated rings. The molecule has 0 amide bonds. The minimum atomic E-state index is -0.403. The zero-order chi connectivity index (χ0) is 13.8. The molecule has 1 heterocycles. The first-order valence-electron chi connectivity index (χ1n) is 5.68. The molecule has 2 rings (SSSR count). The molecule has 1 atom stereocenters. The minimum Gasteiger partial charge on any atom is -0.378 e. The molecule has 1 aromatic carbocycles. The quantitative estimate of drug-likeness (QED) is 0.524. The van der Waals surface area contributed by atoms with Crippen LogP contribution >= 0.6 is 11.6 Å². The molecule has 1 unspecified atom stereocenters. The third-order valence-corrected chi connectivity index (χ3v) is 2.90. The summed E-state index contributed by atoms with van der Waals surface area (Å²) >= 11 is 5.80. The molecule has 0 spiro atoms. The van der Waals surface area contributed by atoms with E-state index in [2.05, 4.69) is 10.3 Å². The van der Waals surface area contributed by atoms with E-state index in [9.17, 15) is 10.1 Å². The van der Waals surface area contributed by atoms with Gasteiger partial charge >= 0.3 is 0 Å². The normalized spacial score (nSPS) is 11.9. The molecular weight excluding hydrogens is 266 g/mol. The number of hydrogen-bond donors (Lipinski definition) is 1. The van der Waals surface area contributed by atoms with Crippen molar-refractivity contribution in [3.63, 3.8) is 0 Å². The lowest BCUT2D eigenvalue weighted by molar-refractivity contribution is -0.384. The van der Waals surface area contributed by atoms with E-state index in [1.807, 2.05) is 13.0 Å². The van der Waals surface area contributed by atoms with Crippen LogP contribution in [0.4, 0.5) is 11.4 Å². The van der Waals surface area contributed by atoms with Gasteiger partial charge in [0.2, 0.25) is 0 Å². The Kier molecular flexibility index (Phi) is 3.97. The van der Waals surface area contributed by atoms with Crippen molar-refractivity contribution in [1.29, 1.82) is 0 Å². The summed E-state index contributed by atoms with van der Waals surface area (Å²) in [6.45, 7) is 1.92. The average molecular weight is 278 g/mol. The van der Waals surface area contributed by atoms with Crippen molar-refractivity contribution in [2.24, 2.45) is 0 Å². The SMILES string of the molecule is CC(Nc1ccnc(Cl)c1)c1cccc([N+](=O)[O-])c1. The second kappa shape index (κ2) is 5.67. The molecule has 98 valence electrons. The van der Waals surface area contributed by atoms with Crippen molar-refractivity contribution in [2.45, 2.75) is 13.0 Å². The molecule has 1 N–H and O–H groups in total. The predicted octanol–water partition coefficient (Wildman–Crippen LogP) is 3.82. The van der Waals surface area contributed by atoms with Gasteiger partial charge in [-0.05, 0) is 24.6 Å². The van der Waals surface area contributed by atoms with Gasteiger partial charge in [-0.2, -0.15) is 0 Å². The van der Waals surface area contributed by atoms with Crippen molar-refractivity contribution < 1.29 is 4.92 Å². The molecule has 0 aliphatic rings. The minimum absolute atomic E-state index is 0.0710. The lowest BCUT2D eigenvalue weighted by atomic mass is 10.1. The van der Waals surface area contributed by atoms with Crippen LogP contribution in [0.15, 0.2) is 42.6 Å². The average Bonchev–Trinajstić information content (AvgIpc) is 2.39. The summed E-state index contributed by atoms with van der Waals surface area (Å²) in [5, 5.41) is 14.4. The van der Waals surface area contributed by atoms with Gasteiger partial charge < -0.3 is 5.32 Å². The number of aromatic nitrogens is 1. The highest BCUT2D eigenvalue weighted by Crippen LogP contribution is 2.23. The lowest BCUT2D eigenvalue weighted by Crippen LogP contribution is -2.07. The number of nitro groups is 1. The number of nitro benzene ring substituents is 1. The van der Waals surface area contributed by atoms with Crippen molar-refractivity contribution >= 4 is 23.0 Å². The summed E-state index contributed by atoms with van der Waals surface area (Å²) in [5.41, 5.74) is 1.74. The predicted molar refractivity (Wildman–Crippen MR) is 74.4 cm³/mol. The Labute approximate surface area is 115 Å². The zero-order valence-corrected chi connectivity index (χ0v) is 11.0. The number of pyridine rings is 1. The fourth-order valence-corrected chi connectivity index (χ4v) is 1.91. The summed E-state index contributed by atoms with van der Waals surface area (Å²) in [5.74, 6) is 0. The number of non-ortho nitro benzene ring substituents is 1. The monoisotopic (exact) mass is 277 g/mol. The van der Waals surface area contributed by atoms with Crippen molar-refractivity contribution in [1.82, 2.24) is 4.98 Å². The molecule has 1 aromatic heterocycles. The van der Waals surface area contributed by atoms with Crippen LogP contribution in [0.25, 0.3) is 0 Å². The molecule has 6 heteroatoms. The standard InChI is InChI=1S/C13H12ClN3O2/c1-9(16-11-5-6-15-13(14)8-11)10-3-2-4-12(7-10)17(18)19/h2-9H,1H3,(H,15,16). The summed E-state index contributed by atoms with van der Waals surface area (Å²) in [6.07, 6.45) is 1.60. The number of benzene rings is 1. The van der Waals surface area contributed by atoms with E-state index in [-0.39, 0.29) is 11.7 Å². The highest BCUT2D eigenvalue weighted by Gasteiger charge is 2.10. The maximum absolute atomic E-state index is 10.7. The first kappa shape index (κ1) is 13.3. The zero-order valence-electron chi connectivity index (χ0n) is 10.2. The first-order valence-corrected chi connectivity index (χ1v) is 6.06. The highest BCUT2D eigenvalue weighted by molar-refractivity contribution is 6.29. The molecule has 0 aliphatic carbocycles. The fraction of sp³-hybridized carbons (Fsp3) is 0.154. The molecule has 2 aromatic rings. The number of nitrogens with zero attached hydrogens (tertiary/aromatic N) is 2.